The summed E-state index contributed by atoms with van der Waals surface area (Å²) in [6, 6.07) is -0.217. The lowest BCUT2D eigenvalue weighted by molar-refractivity contribution is 0.252. The van der Waals surface area contributed by atoms with Crippen molar-refractivity contribution in [3.63, 3.8) is 0 Å². The summed E-state index contributed by atoms with van der Waals surface area (Å²) >= 11 is 6.06. The van der Waals surface area contributed by atoms with Gasteiger partial charge in [-0.05, 0) is 25.7 Å². The maximum atomic E-state index is 12.1. The Morgan fingerprint density at radius 1 is 1.12 bits per heavy atom. The van der Waals surface area contributed by atoms with Crippen LogP contribution in [0.1, 0.15) is 25.7 Å². The number of nitrogens with zero attached hydrogens (tertiary/aromatic N) is 1. The Morgan fingerprint density at radius 3 is 2.00 bits per heavy atom. The monoisotopic (exact) mass is 301 g/mol. The molecule has 100 valence electrons. The van der Waals surface area contributed by atoms with Crippen molar-refractivity contribution in [2.75, 3.05) is 11.3 Å². The molecule has 0 aromatic rings. The summed E-state index contributed by atoms with van der Waals surface area (Å²) in [5, 5.41) is -0.780. The van der Waals surface area contributed by atoms with E-state index in [1.807, 2.05) is 0 Å². The van der Waals surface area contributed by atoms with E-state index in [-0.39, 0.29) is 17.5 Å². The van der Waals surface area contributed by atoms with Crippen LogP contribution in [0.2, 0.25) is 0 Å². The van der Waals surface area contributed by atoms with Crippen LogP contribution in [0.5, 0.6) is 0 Å². The van der Waals surface area contributed by atoms with E-state index in [4.69, 9.17) is 11.6 Å². The number of hydrogen-bond acceptors (Lipinski definition) is 4. The highest BCUT2D eigenvalue weighted by molar-refractivity contribution is 8.06. The Kier molecular flexibility index (Phi) is 3.48. The van der Waals surface area contributed by atoms with Crippen molar-refractivity contribution in [1.29, 1.82) is 0 Å². The quantitative estimate of drug-likeness (QED) is 0.714. The Hall–Kier alpha value is 0.150. The molecule has 5 nitrogen and oxygen atoms in total. The Morgan fingerprint density at radius 2 is 1.59 bits per heavy atom. The van der Waals surface area contributed by atoms with Crippen LogP contribution < -0.4 is 0 Å². The molecule has 0 spiro atoms. The largest absolute Gasteiger partial charge is 0.229 e. The van der Waals surface area contributed by atoms with Gasteiger partial charge in [0.15, 0.2) is 14.9 Å². The van der Waals surface area contributed by atoms with Gasteiger partial charge in [0.05, 0.1) is 0 Å². The van der Waals surface area contributed by atoms with Crippen molar-refractivity contribution >= 4 is 31.5 Å². The van der Waals surface area contributed by atoms with Gasteiger partial charge >= 0.3 is 0 Å². The first-order valence-corrected chi connectivity index (χ1v) is 9.63. The van der Waals surface area contributed by atoms with Gasteiger partial charge in [0.1, 0.15) is 0 Å². The predicted molar refractivity (Wildman–Crippen MR) is 66.2 cm³/mol. The molecule has 0 radical (unpaired) electrons. The van der Waals surface area contributed by atoms with Gasteiger partial charge in [0.25, 0.3) is 0 Å². The summed E-state index contributed by atoms with van der Waals surface area (Å²) in [6.07, 6.45) is 3.77. The number of fused-ring (bicyclic) bond motifs is 2. The first kappa shape index (κ1) is 13.6. The van der Waals surface area contributed by atoms with Crippen LogP contribution >= 0.6 is 11.6 Å². The van der Waals surface area contributed by atoms with E-state index < -0.39 is 24.9 Å². The maximum Gasteiger partial charge on any atom is 0.229 e. The van der Waals surface area contributed by atoms with E-state index in [0.717, 1.165) is 19.1 Å². The van der Waals surface area contributed by atoms with E-state index >= 15 is 0 Å². The summed E-state index contributed by atoms with van der Waals surface area (Å²) in [7, 11) is -7.24. The minimum Gasteiger partial charge on any atom is -0.228 e. The van der Waals surface area contributed by atoms with E-state index in [0.29, 0.717) is 12.8 Å². The molecule has 2 fully saturated rings. The van der Waals surface area contributed by atoms with Gasteiger partial charge in [-0.2, -0.15) is 4.31 Å². The number of rotatable bonds is 3. The van der Waals surface area contributed by atoms with Crippen molar-refractivity contribution in [3.8, 4) is 0 Å². The van der Waals surface area contributed by atoms with E-state index in [2.05, 4.69) is 0 Å². The van der Waals surface area contributed by atoms with Crippen LogP contribution in [-0.4, -0.2) is 49.9 Å². The van der Waals surface area contributed by atoms with Gasteiger partial charge in [-0.15, -0.1) is 11.6 Å². The smallest absolute Gasteiger partial charge is 0.228 e. The molecule has 8 heteroatoms. The summed E-state index contributed by atoms with van der Waals surface area (Å²) in [6.45, 7) is 0. The minimum atomic E-state index is -3.71. The highest BCUT2D eigenvalue weighted by atomic mass is 35.5. The standard InChI is InChI=1S/C9H16ClNO4S2/c1-16(12,13)6-17(14,15)11-8-2-3-9(11)5-7(10)4-8/h7-9H,2-6H2,1H3. The summed E-state index contributed by atoms with van der Waals surface area (Å²) in [5.41, 5.74) is 0. The normalized spacial score (nSPS) is 35.1. The molecular formula is C9H16ClNO4S2. The average molecular weight is 302 g/mol. The van der Waals surface area contributed by atoms with Crippen LogP contribution in [0.3, 0.4) is 0 Å². The van der Waals surface area contributed by atoms with Crippen LogP contribution in [-0.2, 0) is 19.9 Å². The molecule has 2 heterocycles. The lowest BCUT2D eigenvalue weighted by atomic mass is 10.1. The first-order valence-electron chi connectivity index (χ1n) is 5.52. The summed E-state index contributed by atoms with van der Waals surface area (Å²) < 4.78 is 47.9. The van der Waals surface area contributed by atoms with Crippen molar-refractivity contribution in [2.24, 2.45) is 0 Å². The number of alkyl halides is 1. The molecule has 0 aliphatic carbocycles. The van der Waals surface area contributed by atoms with Gasteiger partial charge in [-0.25, -0.2) is 16.8 Å². The molecule has 2 atom stereocenters. The third-order valence-corrected chi connectivity index (χ3v) is 7.79. The predicted octanol–water partition coefficient (Wildman–Crippen LogP) is 0.553. The minimum absolute atomic E-state index is 0.0113. The molecule has 2 aliphatic heterocycles. The number of halogens is 1. The molecular weight excluding hydrogens is 286 g/mol. The second-order valence-corrected chi connectivity index (χ2v) is 9.94. The third-order valence-electron chi connectivity index (χ3n) is 3.29. The van der Waals surface area contributed by atoms with E-state index in [1.54, 1.807) is 0 Å². The molecule has 2 bridgehead atoms. The maximum absolute atomic E-state index is 12.1. The van der Waals surface area contributed by atoms with Gasteiger partial charge in [-0.3, -0.25) is 0 Å². The topological polar surface area (TPSA) is 71.5 Å². The third kappa shape index (κ3) is 2.94. The van der Waals surface area contributed by atoms with Gasteiger partial charge in [-0.1, -0.05) is 0 Å². The number of sulfone groups is 1. The van der Waals surface area contributed by atoms with Crippen molar-refractivity contribution in [2.45, 2.75) is 43.1 Å². The van der Waals surface area contributed by atoms with Crippen LogP contribution in [0.4, 0.5) is 0 Å². The summed E-state index contributed by atoms with van der Waals surface area (Å²) in [4.78, 5) is 0. The molecule has 0 aromatic heterocycles. The highest BCUT2D eigenvalue weighted by Gasteiger charge is 2.46. The second-order valence-electron chi connectivity index (χ2n) is 4.94. The van der Waals surface area contributed by atoms with E-state index in [1.165, 1.54) is 4.31 Å². The zero-order valence-electron chi connectivity index (χ0n) is 9.54. The SMILES string of the molecule is CS(=O)(=O)CS(=O)(=O)N1C2CCC1CC(Cl)C2. The molecule has 17 heavy (non-hydrogen) atoms. The van der Waals surface area contributed by atoms with Crippen molar-refractivity contribution in [1.82, 2.24) is 4.31 Å². The summed E-state index contributed by atoms with van der Waals surface area (Å²) in [5.74, 6) is 0. The molecule has 0 saturated carbocycles. The Labute approximate surface area is 107 Å². The van der Waals surface area contributed by atoms with E-state index in [9.17, 15) is 16.8 Å². The number of piperidine rings is 1. The van der Waals surface area contributed by atoms with Crippen LogP contribution in [0.25, 0.3) is 0 Å². The average Bonchev–Trinajstić information content (AvgIpc) is 2.36. The van der Waals surface area contributed by atoms with Gasteiger partial charge in [0.2, 0.25) is 10.0 Å². The molecule has 0 aromatic carbocycles. The number of hydrogen-bond donors (Lipinski definition) is 0. The van der Waals surface area contributed by atoms with Crippen LogP contribution in [0.15, 0.2) is 0 Å². The molecule has 2 saturated heterocycles. The zero-order chi connectivity index (χ0) is 12.8. The Bertz CT molecular complexity index is 487. The van der Waals surface area contributed by atoms with Crippen LogP contribution in [0, 0.1) is 0 Å². The second kappa shape index (κ2) is 4.36. The fourth-order valence-electron chi connectivity index (χ4n) is 2.85. The molecule has 2 unspecified atom stereocenters. The van der Waals surface area contributed by atoms with Gasteiger partial charge < -0.3 is 0 Å². The molecule has 2 rings (SSSR count). The van der Waals surface area contributed by atoms with Gasteiger partial charge in [0, 0.05) is 23.7 Å². The number of sulfonamides is 1. The molecule has 2 aliphatic rings. The highest BCUT2D eigenvalue weighted by Crippen LogP contribution is 2.39. The lowest BCUT2D eigenvalue weighted by Gasteiger charge is -2.35. The molecule has 0 N–H and O–H groups in total. The van der Waals surface area contributed by atoms with Crippen molar-refractivity contribution in [3.05, 3.63) is 0 Å². The fraction of sp³-hybridized carbons (Fsp3) is 1.00. The molecule has 0 amide bonds. The zero-order valence-corrected chi connectivity index (χ0v) is 11.9. The first-order chi connectivity index (χ1) is 7.69. The lowest BCUT2D eigenvalue weighted by Crippen LogP contribution is -2.48. The van der Waals surface area contributed by atoms with Crippen molar-refractivity contribution < 1.29 is 16.8 Å². The Balaban J connectivity index is 2.24. The fourth-order valence-corrected chi connectivity index (χ4v) is 7.21.